The van der Waals surface area contributed by atoms with Gasteiger partial charge in [0.05, 0.1) is 9.83 Å². The molecule has 1 aliphatic heterocycles. The molecule has 21 heavy (non-hydrogen) atoms. The highest BCUT2D eigenvalue weighted by molar-refractivity contribution is 9.11. The van der Waals surface area contributed by atoms with E-state index < -0.39 is 0 Å². The predicted octanol–water partition coefficient (Wildman–Crippen LogP) is 4.03. The van der Waals surface area contributed by atoms with E-state index in [1.54, 1.807) is 23.5 Å². The van der Waals surface area contributed by atoms with Crippen molar-refractivity contribution in [3.05, 3.63) is 56.4 Å². The van der Waals surface area contributed by atoms with Crippen molar-refractivity contribution in [3.8, 4) is 0 Å². The largest absolute Gasteiger partial charge is 0.315 e. The minimum Gasteiger partial charge on any atom is -0.315 e. The molecule has 1 unspecified atom stereocenters. The summed E-state index contributed by atoms with van der Waals surface area (Å²) in [4.78, 5) is 3.57. The minimum absolute atomic E-state index is 0.00222. The number of nitrogens with zero attached hydrogens (tertiary/aromatic N) is 1. The van der Waals surface area contributed by atoms with Crippen molar-refractivity contribution in [1.29, 1.82) is 0 Å². The Labute approximate surface area is 137 Å². The monoisotopic (exact) mass is 368 g/mol. The molecule has 0 spiro atoms. The predicted molar refractivity (Wildman–Crippen MR) is 89.3 cm³/mol. The summed E-state index contributed by atoms with van der Waals surface area (Å²) in [6.45, 7) is 3.92. The van der Waals surface area contributed by atoms with E-state index in [4.69, 9.17) is 0 Å². The maximum atomic E-state index is 14.3. The summed E-state index contributed by atoms with van der Waals surface area (Å²) in [6, 6.07) is 11.3. The third-order valence-electron chi connectivity index (χ3n) is 3.80. The third kappa shape index (κ3) is 3.54. The van der Waals surface area contributed by atoms with Crippen LogP contribution in [0.2, 0.25) is 0 Å². The Balaban J connectivity index is 2.00. The highest BCUT2D eigenvalue weighted by atomic mass is 79.9. The lowest BCUT2D eigenvalue weighted by atomic mass is 10.0. The first-order valence-corrected chi connectivity index (χ1v) is 8.81. The van der Waals surface area contributed by atoms with E-state index in [0.29, 0.717) is 0 Å². The van der Waals surface area contributed by atoms with E-state index in [1.807, 2.05) is 18.2 Å². The molecule has 0 bridgehead atoms. The number of halogens is 2. The minimum atomic E-state index is -0.121. The van der Waals surface area contributed by atoms with Crippen LogP contribution >= 0.6 is 27.3 Å². The van der Waals surface area contributed by atoms with Crippen LogP contribution < -0.4 is 5.32 Å². The first-order valence-electron chi connectivity index (χ1n) is 7.20. The summed E-state index contributed by atoms with van der Waals surface area (Å²) in [5.74, 6) is -0.121. The Morgan fingerprint density at radius 2 is 2.00 bits per heavy atom. The molecule has 1 aliphatic rings. The molecule has 1 aromatic heterocycles. The molecular weight excluding hydrogens is 351 g/mol. The number of nitrogens with one attached hydrogen (secondary N) is 1. The van der Waals surface area contributed by atoms with Crippen molar-refractivity contribution in [2.75, 3.05) is 26.2 Å². The van der Waals surface area contributed by atoms with Crippen LogP contribution in [0.5, 0.6) is 0 Å². The quantitative estimate of drug-likeness (QED) is 0.879. The average molecular weight is 369 g/mol. The lowest BCUT2D eigenvalue weighted by Gasteiger charge is -2.30. The molecule has 0 aliphatic carbocycles. The zero-order valence-corrected chi connectivity index (χ0v) is 14.1. The van der Waals surface area contributed by atoms with Gasteiger partial charge in [0.2, 0.25) is 0 Å². The van der Waals surface area contributed by atoms with Gasteiger partial charge in [-0.05, 0) is 47.1 Å². The molecule has 0 radical (unpaired) electrons. The van der Waals surface area contributed by atoms with Gasteiger partial charge in [-0.2, -0.15) is 0 Å². The molecule has 2 nitrogen and oxygen atoms in total. The lowest BCUT2D eigenvalue weighted by molar-refractivity contribution is 0.239. The third-order valence-corrected chi connectivity index (χ3v) is 5.48. The molecule has 5 heteroatoms. The highest BCUT2D eigenvalue weighted by Gasteiger charge is 2.26. The molecule has 0 saturated carbocycles. The summed E-state index contributed by atoms with van der Waals surface area (Å²) >= 11 is 5.21. The highest BCUT2D eigenvalue weighted by Crippen LogP contribution is 2.36. The molecule has 2 heterocycles. The number of benzene rings is 1. The van der Waals surface area contributed by atoms with Crippen molar-refractivity contribution in [2.45, 2.75) is 12.5 Å². The van der Waals surface area contributed by atoms with Crippen molar-refractivity contribution >= 4 is 27.3 Å². The average Bonchev–Trinajstić information content (AvgIpc) is 2.74. The standard InChI is InChI=1S/C16H18BrFN2S/c17-15-7-6-14(21-15)16(12-4-1-2-5-13(12)18)20-10-3-8-19-9-11-20/h1-2,4-7,16,19H,3,8-11H2. The number of hydrogen-bond acceptors (Lipinski definition) is 3. The SMILES string of the molecule is Fc1ccccc1C(c1ccc(Br)s1)N1CCCNCC1. The first-order chi connectivity index (χ1) is 10.3. The van der Waals surface area contributed by atoms with Crippen molar-refractivity contribution in [3.63, 3.8) is 0 Å². The van der Waals surface area contributed by atoms with Crippen LogP contribution in [0, 0.1) is 5.82 Å². The Hall–Kier alpha value is -0.750. The first kappa shape index (κ1) is 15.2. The van der Waals surface area contributed by atoms with Crippen molar-refractivity contribution < 1.29 is 4.39 Å². The van der Waals surface area contributed by atoms with Crippen molar-refractivity contribution in [2.24, 2.45) is 0 Å². The van der Waals surface area contributed by atoms with E-state index in [-0.39, 0.29) is 11.9 Å². The molecule has 112 valence electrons. The molecule has 1 saturated heterocycles. The van der Waals surface area contributed by atoms with Gasteiger partial charge >= 0.3 is 0 Å². The van der Waals surface area contributed by atoms with Gasteiger partial charge in [0.15, 0.2) is 0 Å². The van der Waals surface area contributed by atoms with Gasteiger partial charge in [0, 0.05) is 30.1 Å². The second-order valence-electron chi connectivity index (χ2n) is 5.21. The fraction of sp³-hybridized carbons (Fsp3) is 0.375. The lowest BCUT2D eigenvalue weighted by Crippen LogP contribution is -2.33. The molecule has 3 rings (SSSR count). The molecule has 1 fully saturated rings. The molecule has 1 atom stereocenters. The molecular formula is C16H18BrFN2S. The summed E-state index contributed by atoms with van der Waals surface area (Å²) in [5.41, 5.74) is 0.772. The topological polar surface area (TPSA) is 15.3 Å². The Morgan fingerprint density at radius 3 is 2.76 bits per heavy atom. The van der Waals surface area contributed by atoms with Crippen molar-refractivity contribution in [1.82, 2.24) is 10.2 Å². The Bertz CT molecular complexity index is 593. The molecule has 1 N–H and O–H groups in total. The van der Waals surface area contributed by atoms with Gasteiger partial charge in [-0.3, -0.25) is 4.90 Å². The molecule has 2 aromatic rings. The fourth-order valence-electron chi connectivity index (χ4n) is 2.83. The summed E-state index contributed by atoms with van der Waals surface area (Å²) < 4.78 is 15.4. The zero-order valence-electron chi connectivity index (χ0n) is 11.7. The van der Waals surface area contributed by atoms with E-state index >= 15 is 0 Å². The van der Waals surface area contributed by atoms with Crippen LogP contribution in [0.1, 0.15) is 22.9 Å². The maximum absolute atomic E-state index is 14.3. The molecule has 0 amide bonds. The number of rotatable bonds is 3. The summed E-state index contributed by atoms with van der Waals surface area (Å²) in [6.07, 6.45) is 1.09. The van der Waals surface area contributed by atoms with Crippen LogP contribution in [0.25, 0.3) is 0 Å². The van der Waals surface area contributed by atoms with Gasteiger partial charge in [-0.15, -0.1) is 11.3 Å². The van der Waals surface area contributed by atoms with Gasteiger partial charge in [0.1, 0.15) is 5.82 Å². The Morgan fingerprint density at radius 1 is 1.14 bits per heavy atom. The second kappa shape index (κ2) is 7.01. The smallest absolute Gasteiger partial charge is 0.128 e. The van der Waals surface area contributed by atoms with Crippen LogP contribution in [0.15, 0.2) is 40.2 Å². The Kier molecular flexibility index (Phi) is 5.06. The second-order valence-corrected chi connectivity index (χ2v) is 7.70. The van der Waals surface area contributed by atoms with Crippen LogP contribution in [0.4, 0.5) is 4.39 Å². The number of hydrogen-bond donors (Lipinski definition) is 1. The number of thiophene rings is 1. The van der Waals surface area contributed by atoms with Crippen LogP contribution in [-0.4, -0.2) is 31.1 Å². The normalized spacial score (nSPS) is 18.4. The molecule has 1 aromatic carbocycles. The van der Waals surface area contributed by atoms with Crippen LogP contribution in [-0.2, 0) is 0 Å². The van der Waals surface area contributed by atoms with E-state index in [0.717, 1.165) is 41.9 Å². The zero-order chi connectivity index (χ0) is 14.7. The van der Waals surface area contributed by atoms with Gasteiger partial charge in [-0.25, -0.2) is 4.39 Å². The van der Waals surface area contributed by atoms with Gasteiger partial charge in [0.25, 0.3) is 0 Å². The summed E-state index contributed by atoms with van der Waals surface area (Å²) in [5, 5.41) is 3.41. The van der Waals surface area contributed by atoms with E-state index in [9.17, 15) is 4.39 Å². The van der Waals surface area contributed by atoms with Gasteiger partial charge in [-0.1, -0.05) is 18.2 Å². The van der Waals surface area contributed by atoms with E-state index in [1.165, 1.54) is 4.88 Å². The van der Waals surface area contributed by atoms with E-state index in [2.05, 4.69) is 32.2 Å². The van der Waals surface area contributed by atoms with Crippen LogP contribution in [0.3, 0.4) is 0 Å². The summed E-state index contributed by atoms with van der Waals surface area (Å²) in [7, 11) is 0. The fourth-order valence-corrected chi connectivity index (χ4v) is 4.40. The maximum Gasteiger partial charge on any atom is 0.128 e. The van der Waals surface area contributed by atoms with Gasteiger partial charge < -0.3 is 5.32 Å².